The first-order chi connectivity index (χ1) is 10.7. The van der Waals surface area contributed by atoms with Crippen molar-refractivity contribution < 1.29 is 18.3 Å². The predicted molar refractivity (Wildman–Crippen MR) is 78.9 cm³/mol. The summed E-state index contributed by atoms with van der Waals surface area (Å²) in [4.78, 5) is 12.6. The molecular formula is C17H11FO4. The average molecular weight is 298 g/mol. The minimum Gasteiger partial charge on any atom is -0.489 e. The number of halogens is 1. The van der Waals surface area contributed by atoms with E-state index in [2.05, 4.69) is 0 Å². The van der Waals surface area contributed by atoms with E-state index in [1.54, 1.807) is 12.1 Å². The number of hydrogen-bond donors (Lipinski definition) is 0. The molecule has 0 aliphatic carbocycles. The van der Waals surface area contributed by atoms with Crippen molar-refractivity contribution in [1.82, 2.24) is 0 Å². The number of ether oxygens (including phenoxy) is 2. The molecule has 4 nitrogen and oxygen atoms in total. The molecule has 0 N–H and O–H groups in total. The summed E-state index contributed by atoms with van der Waals surface area (Å²) in [6.07, 6.45) is 0. The molecule has 0 bridgehead atoms. The van der Waals surface area contributed by atoms with Gasteiger partial charge < -0.3 is 13.9 Å². The average Bonchev–Trinajstić information content (AvgIpc) is 2.52. The van der Waals surface area contributed by atoms with E-state index >= 15 is 0 Å². The first-order valence-corrected chi connectivity index (χ1v) is 6.85. The lowest BCUT2D eigenvalue weighted by Crippen LogP contribution is -2.17. The van der Waals surface area contributed by atoms with Crippen LogP contribution in [0.2, 0.25) is 0 Å². The highest BCUT2D eigenvalue weighted by atomic mass is 19.1. The lowest BCUT2D eigenvalue weighted by molar-refractivity contribution is 0.209. The largest absolute Gasteiger partial charge is 0.489 e. The van der Waals surface area contributed by atoms with Crippen LogP contribution < -0.4 is 14.9 Å². The van der Waals surface area contributed by atoms with Crippen molar-refractivity contribution in [3.8, 4) is 22.8 Å². The summed E-state index contributed by atoms with van der Waals surface area (Å²) < 4.78 is 30.3. The quantitative estimate of drug-likeness (QED) is 0.638. The molecule has 1 aromatic heterocycles. The molecule has 110 valence electrons. The molecule has 22 heavy (non-hydrogen) atoms. The van der Waals surface area contributed by atoms with Gasteiger partial charge in [-0.05, 0) is 30.3 Å². The normalized spacial score (nSPS) is 13.3. The van der Waals surface area contributed by atoms with E-state index in [1.165, 1.54) is 12.1 Å². The predicted octanol–water partition coefficient (Wildman–Crippen LogP) is 3.37. The van der Waals surface area contributed by atoms with Gasteiger partial charge in [-0.1, -0.05) is 12.1 Å². The first-order valence-electron chi connectivity index (χ1n) is 6.85. The van der Waals surface area contributed by atoms with E-state index in [0.29, 0.717) is 29.3 Å². The van der Waals surface area contributed by atoms with Crippen LogP contribution in [-0.4, -0.2) is 13.2 Å². The number of hydrogen-bond acceptors (Lipinski definition) is 4. The van der Waals surface area contributed by atoms with Crippen LogP contribution in [0.15, 0.2) is 51.7 Å². The zero-order valence-corrected chi connectivity index (χ0v) is 11.5. The Balaban J connectivity index is 2.10. The van der Waals surface area contributed by atoms with Crippen LogP contribution in [0.3, 0.4) is 0 Å². The second kappa shape index (κ2) is 4.87. The highest BCUT2D eigenvalue weighted by Crippen LogP contribution is 2.37. The molecule has 0 atom stereocenters. The zero-order valence-electron chi connectivity index (χ0n) is 11.5. The topological polar surface area (TPSA) is 48.7 Å². The lowest BCUT2D eigenvalue weighted by Gasteiger charge is -2.18. The van der Waals surface area contributed by atoms with Gasteiger partial charge in [0.15, 0.2) is 5.76 Å². The van der Waals surface area contributed by atoms with Gasteiger partial charge in [0.25, 0.3) is 0 Å². The highest BCUT2D eigenvalue weighted by Gasteiger charge is 2.22. The Morgan fingerprint density at radius 2 is 1.82 bits per heavy atom. The Kier molecular flexibility index (Phi) is 2.85. The van der Waals surface area contributed by atoms with Gasteiger partial charge in [-0.2, -0.15) is 0 Å². The fourth-order valence-corrected chi connectivity index (χ4v) is 2.53. The Morgan fingerprint density at radius 3 is 2.73 bits per heavy atom. The summed E-state index contributed by atoms with van der Waals surface area (Å²) >= 11 is 0. The van der Waals surface area contributed by atoms with Gasteiger partial charge >= 0.3 is 0 Å². The summed E-state index contributed by atoms with van der Waals surface area (Å²) in [7, 11) is 0. The molecule has 0 saturated carbocycles. The van der Waals surface area contributed by atoms with E-state index in [4.69, 9.17) is 13.9 Å². The van der Waals surface area contributed by atoms with E-state index < -0.39 is 5.82 Å². The van der Waals surface area contributed by atoms with Crippen molar-refractivity contribution in [3.05, 3.63) is 58.5 Å². The molecule has 2 heterocycles. The van der Waals surface area contributed by atoms with Crippen molar-refractivity contribution in [1.29, 1.82) is 0 Å². The lowest BCUT2D eigenvalue weighted by atomic mass is 10.1. The molecule has 1 aliphatic rings. The number of benzene rings is 2. The Morgan fingerprint density at radius 1 is 1.00 bits per heavy atom. The smallest absolute Gasteiger partial charge is 0.235 e. The number of fused-ring (bicyclic) bond motifs is 4. The van der Waals surface area contributed by atoms with Gasteiger partial charge in [0.1, 0.15) is 30.4 Å². The molecule has 3 aromatic rings. The van der Waals surface area contributed by atoms with Crippen molar-refractivity contribution in [2.24, 2.45) is 0 Å². The maximum absolute atomic E-state index is 13.4. The maximum Gasteiger partial charge on any atom is 0.235 e. The van der Waals surface area contributed by atoms with Crippen LogP contribution in [0.4, 0.5) is 4.39 Å². The van der Waals surface area contributed by atoms with Crippen LogP contribution in [0.1, 0.15) is 0 Å². The first kappa shape index (κ1) is 12.9. The van der Waals surface area contributed by atoms with Crippen LogP contribution >= 0.6 is 0 Å². The minimum atomic E-state index is -0.491. The summed E-state index contributed by atoms with van der Waals surface area (Å²) in [5, 5.41) is 0.165. The molecule has 0 spiro atoms. The Bertz CT molecular complexity index is 930. The molecule has 0 saturated heterocycles. The van der Waals surface area contributed by atoms with Crippen molar-refractivity contribution in [2.45, 2.75) is 0 Å². The summed E-state index contributed by atoms with van der Waals surface area (Å²) in [5.41, 5.74) is 0.567. The van der Waals surface area contributed by atoms with Crippen molar-refractivity contribution >= 4 is 11.0 Å². The molecule has 5 heteroatoms. The molecule has 0 unspecified atom stereocenters. The maximum atomic E-state index is 13.4. The monoisotopic (exact) mass is 298 g/mol. The molecule has 1 aliphatic heterocycles. The van der Waals surface area contributed by atoms with Crippen LogP contribution in [0.25, 0.3) is 22.3 Å². The SMILES string of the molecule is O=c1c2c(oc3ccc(F)cc13)-c1ccccc1OCCO2. The third-order valence-electron chi connectivity index (χ3n) is 3.53. The van der Waals surface area contributed by atoms with Crippen LogP contribution in [-0.2, 0) is 0 Å². The summed E-state index contributed by atoms with van der Waals surface area (Å²) in [5.74, 6) is 0.527. The fourth-order valence-electron chi connectivity index (χ4n) is 2.53. The van der Waals surface area contributed by atoms with Crippen LogP contribution in [0.5, 0.6) is 11.5 Å². The molecule has 4 rings (SSSR count). The van der Waals surface area contributed by atoms with Crippen molar-refractivity contribution in [3.63, 3.8) is 0 Å². The fraction of sp³-hybridized carbons (Fsp3) is 0.118. The summed E-state index contributed by atoms with van der Waals surface area (Å²) in [6, 6.07) is 11.1. The number of para-hydroxylation sites is 1. The highest BCUT2D eigenvalue weighted by molar-refractivity contribution is 5.83. The zero-order chi connectivity index (χ0) is 15.1. The van der Waals surface area contributed by atoms with Gasteiger partial charge in [-0.15, -0.1) is 0 Å². The van der Waals surface area contributed by atoms with Gasteiger partial charge in [-0.25, -0.2) is 4.39 Å². The molecule has 2 aromatic carbocycles. The van der Waals surface area contributed by atoms with Crippen molar-refractivity contribution in [2.75, 3.05) is 13.2 Å². The standard InChI is InChI=1S/C17H11FO4/c18-10-5-6-14-12(9-10)15(19)17-16(22-14)11-3-1-2-4-13(11)20-7-8-21-17/h1-6,9H,7-8H2. The number of rotatable bonds is 0. The third-order valence-corrected chi connectivity index (χ3v) is 3.53. The van der Waals surface area contributed by atoms with Crippen LogP contribution in [0, 0.1) is 5.82 Å². The van der Waals surface area contributed by atoms with Gasteiger partial charge in [0.05, 0.1) is 10.9 Å². The van der Waals surface area contributed by atoms with E-state index in [0.717, 1.165) is 6.07 Å². The summed E-state index contributed by atoms with van der Waals surface area (Å²) in [6.45, 7) is 0.532. The van der Waals surface area contributed by atoms with Gasteiger partial charge in [0, 0.05) is 0 Å². The minimum absolute atomic E-state index is 0.0915. The van der Waals surface area contributed by atoms with E-state index in [9.17, 15) is 9.18 Å². The second-order valence-electron chi connectivity index (χ2n) is 4.92. The Hall–Kier alpha value is -2.82. The van der Waals surface area contributed by atoms with Gasteiger partial charge in [-0.3, -0.25) is 4.79 Å². The molecule has 0 fully saturated rings. The molecule has 0 amide bonds. The Labute approximate surface area is 124 Å². The van der Waals surface area contributed by atoms with E-state index in [-0.39, 0.29) is 23.2 Å². The molecular weight excluding hydrogens is 287 g/mol. The second-order valence-corrected chi connectivity index (χ2v) is 4.92. The molecule has 0 radical (unpaired) electrons. The third kappa shape index (κ3) is 1.94. The van der Waals surface area contributed by atoms with Gasteiger partial charge in [0.2, 0.25) is 11.2 Å². The van der Waals surface area contributed by atoms with E-state index in [1.807, 2.05) is 12.1 Å².